The minimum Gasteiger partial charge on any atom is -0.481 e. The van der Waals surface area contributed by atoms with Gasteiger partial charge in [0.15, 0.2) is 0 Å². The Hall–Kier alpha value is -2.46. The highest BCUT2D eigenvalue weighted by Crippen LogP contribution is 2.35. The van der Waals surface area contributed by atoms with Gasteiger partial charge in [-0.25, -0.2) is 4.98 Å². The molecule has 3 rings (SSSR count). The van der Waals surface area contributed by atoms with E-state index < -0.39 is 5.97 Å². The number of hydrogen-bond donors (Lipinski definition) is 1. The molecule has 128 valence electrons. The van der Waals surface area contributed by atoms with E-state index in [1.54, 1.807) is 0 Å². The van der Waals surface area contributed by atoms with Crippen LogP contribution in [-0.4, -0.2) is 16.1 Å². The molecule has 3 aromatic rings. The van der Waals surface area contributed by atoms with Crippen molar-refractivity contribution in [2.24, 2.45) is 0 Å². The maximum Gasteiger partial charge on any atom is 0.308 e. The average Bonchev–Trinajstić information content (AvgIpc) is 2.98. The van der Waals surface area contributed by atoms with E-state index >= 15 is 0 Å². The first-order chi connectivity index (χ1) is 11.9. The van der Waals surface area contributed by atoms with Crippen molar-refractivity contribution in [3.05, 3.63) is 64.5 Å². The third-order valence-corrected chi connectivity index (χ3v) is 5.26. The maximum atomic E-state index is 11.3. The summed E-state index contributed by atoms with van der Waals surface area (Å²) in [5, 5.41) is 10.1. The number of hydrogen-bond acceptors (Lipinski definition) is 3. The SMILES string of the molecule is Cc1ccc(-c2nc(-c3ccc(C(C)C)cc3)sc2CC(=O)O)cc1. The van der Waals surface area contributed by atoms with Gasteiger partial charge in [-0.3, -0.25) is 4.79 Å². The molecule has 2 aromatic carbocycles. The van der Waals surface area contributed by atoms with Gasteiger partial charge in [0, 0.05) is 16.0 Å². The van der Waals surface area contributed by atoms with Crippen LogP contribution in [0.2, 0.25) is 0 Å². The number of carboxylic acid groups (broad SMARTS) is 1. The molecular formula is C21H21NO2S. The summed E-state index contributed by atoms with van der Waals surface area (Å²) < 4.78 is 0. The fourth-order valence-corrected chi connectivity index (χ4v) is 3.76. The molecule has 0 bridgehead atoms. The summed E-state index contributed by atoms with van der Waals surface area (Å²) in [4.78, 5) is 16.8. The van der Waals surface area contributed by atoms with Crippen molar-refractivity contribution in [3.8, 4) is 21.8 Å². The molecule has 0 amide bonds. The molecule has 4 heteroatoms. The molecule has 1 aromatic heterocycles. The molecule has 0 aliphatic heterocycles. The van der Waals surface area contributed by atoms with E-state index in [-0.39, 0.29) is 6.42 Å². The zero-order valence-electron chi connectivity index (χ0n) is 14.6. The van der Waals surface area contributed by atoms with Gasteiger partial charge < -0.3 is 5.11 Å². The lowest BCUT2D eigenvalue weighted by atomic mass is 10.0. The van der Waals surface area contributed by atoms with Crippen molar-refractivity contribution >= 4 is 17.3 Å². The Kier molecular flexibility index (Phi) is 5.00. The quantitative estimate of drug-likeness (QED) is 0.657. The van der Waals surface area contributed by atoms with Crippen LogP contribution in [0.5, 0.6) is 0 Å². The van der Waals surface area contributed by atoms with Crippen LogP contribution in [0.3, 0.4) is 0 Å². The number of thiazole rings is 1. The van der Waals surface area contributed by atoms with Crippen molar-refractivity contribution in [1.29, 1.82) is 0 Å². The molecule has 0 unspecified atom stereocenters. The Labute approximate surface area is 152 Å². The lowest BCUT2D eigenvalue weighted by Crippen LogP contribution is -1.99. The Morgan fingerprint density at radius 1 is 1.04 bits per heavy atom. The third-order valence-electron chi connectivity index (χ3n) is 4.16. The molecule has 0 fully saturated rings. The standard InChI is InChI=1S/C21H21NO2S/c1-13(2)15-8-10-17(11-9-15)21-22-20(18(25-21)12-19(23)24)16-6-4-14(3)5-7-16/h4-11,13H,12H2,1-3H3,(H,23,24). The average molecular weight is 351 g/mol. The summed E-state index contributed by atoms with van der Waals surface area (Å²) in [5.41, 5.74) is 5.21. The number of aryl methyl sites for hydroxylation is 1. The second-order valence-corrected chi connectivity index (χ2v) is 7.59. The number of benzene rings is 2. The number of carboxylic acids is 1. The summed E-state index contributed by atoms with van der Waals surface area (Å²) in [6.07, 6.45) is -0.00897. The maximum absolute atomic E-state index is 11.3. The van der Waals surface area contributed by atoms with E-state index in [1.165, 1.54) is 22.5 Å². The van der Waals surface area contributed by atoms with Gasteiger partial charge in [0.1, 0.15) is 5.01 Å². The number of nitrogens with zero attached hydrogens (tertiary/aromatic N) is 1. The summed E-state index contributed by atoms with van der Waals surface area (Å²) in [6.45, 7) is 6.36. The normalized spacial score (nSPS) is 11.0. The van der Waals surface area contributed by atoms with E-state index in [9.17, 15) is 9.90 Å². The zero-order chi connectivity index (χ0) is 18.0. The Morgan fingerprint density at radius 3 is 2.20 bits per heavy atom. The van der Waals surface area contributed by atoms with Crippen LogP contribution in [0.25, 0.3) is 21.8 Å². The predicted octanol–water partition coefficient (Wildman–Crippen LogP) is 5.54. The first-order valence-electron chi connectivity index (χ1n) is 8.33. The van der Waals surface area contributed by atoms with Gasteiger partial charge in [-0.05, 0) is 18.4 Å². The fourth-order valence-electron chi connectivity index (χ4n) is 2.68. The molecule has 0 radical (unpaired) electrons. The number of rotatable bonds is 5. The number of carbonyl (C=O) groups is 1. The van der Waals surface area contributed by atoms with Gasteiger partial charge in [0.2, 0.25) is 0 Å². The van der Waals surface area contributed by atoms with Crippen molar-refractivity contribution in [2.45, 2.75) is 33.1 Å². The highest BCUT2D eigenvalue weighted by atomic mass is 32.1. The predicted molar refractivity (Wildman–Crippen MR) is 103 cm³/mol. The van der Waals surface area contributed by atoms with Gasteiger partial charge in [0.25, 0.3) is 0 Å². The van der Waals surface area contributed by atoms with Crippen molar-refractivity contribution in [1.82, 2.24) is 4.98 Å². The van der Waals surface area contributed by atoms with Crippen LogP contribution in [0, 0.1) is 6.92 Å². The molecule has 25 heavy (non-hydrogen) atoms. The minimum absolute atomic E-state index is 0.00897. The van der Waals surface area contributed by atoms with E-state index in [0.717, 1.165) is 26.7 Å². The molecule has 1 heterocycles. The van der Waals surface area contributed by atoms with Crippen LogP contribution in [0.1, 0.15) is 35.8 Å². The first-order valence-corrected chi connectivity index (χ1v) is 9.14. The van der Waals surface area contributed by atoms with Crippen LogP contribution in [0.15, 0.2) is 48.5 Å². The molecule has 0 saturated heterocycles. The van der Waals surface area contributed by atoms with Crippen LogP contribution in [0.4, 0.5) is 0 Å². The van der Waals surface area contributed by atoms with Crippen LogP contribution in [-0.2, 0) is 11.2 Å². The second-order valence-electron chi connectivity index (χ2n) is 6.50. The smallest absolute Gasteiger partial charge is 0.308 e. The molecule has 0 saturated carbocycles. The number of aromatic nitrogens is 1. The molecule has 0 aliphatic carbocycles. The topological polar surface area (TPSA) is 50.2 Å². The van der Waals surface area contributed by atoms with E-state index in [1.807, 2.05) is 31.2 Å². The highest BCUT2D eigenvalue weighted by molar-refractivity contribution is 7.15. The highest BCUT2D eigenvalue weighted by Gasteiger charge is 2.17. The molecular weight excluding hydrogens is 330 g/mol. The van der Waals surface area contributed by atoms with Gasteiger partial charge in [0.05, 0.1) is 12.1 Å². The van der Waals surface area contributed by atoms with Gasteiger partial charge in [-0.2, -0.15) is 0 Å². The van der Waals surface area contributed by atoms with E-state index in [4.69, 9.17) is 4.98 Å². The zero-order valence-corrected chi connectivity index (χ0v) is 15.4. The molecule has 0 atom stereocenters. The Balaban J connectivity index is 2.03. The van der Waals surface area contributed by atoms with E-state index in [0.29, 0.717) is 5.92 Å². The van der Waals surface area contributed by atoms with Crippen LogP contribution < -0.4 is 0 Å². The van der Waals surface area contributed by atoms with Crippen molar-refractivity contribution in [2.75, 3.05) is 0 Å². The lowest BCUT2D eigenvalue weighted by Gasteiger charge is -2.05. The fraction of sp³-hybridized carbons (Fsp3) is 0.238. The third kappa shape index (κ3) is 3.97. The summed E-state index contributed by atoms with van der Waals surface area (Å²) in [6, 6.07) is 16.4. The van der Waals surface area contributed by atoms with Gasteiger partial charge in [-0.1, -0.05) is 67.9 Å². The summed E-state index contributed by atoms with van der Waals surface area (Å²) in [7, 11) is 0. The molecule has 1 N–H and O–H groups in total. The van der Waals surface area contributed by atoms with Crippen LogP contribution >= 0.6 is 11.3 Å². The van der Waals surface area contributed by atoms with Crippen molar-refractivity contribution in [3.63, 3.8) is 0 Å². The van der Waals surface area contributed by atoms with E-state index in [2.05, 4.69) is 38.1 Å². The molecule has 0 aliphatic rings. The number of aliphatic carboxylic acids is 1. The van der Waals surface area contributed by atoms with Gasteiger partial charge >= 0.3 is 5.97 Å². The van der Waals surface area contributed by atoms with Crippen molar-refractivity contribution < 1.29 is 9.90 Å². The molecule has 0 spiro atoms. The first kappa shape index (κ1) is 17.4. The lowest BCUT2D eigenvalue weighted by molar-refractivity contribution is -0.136. The van der Waals surface area contributed by atoms with Gasteiger partial charge in [-0.15, -0.1) is 11.3 Å². The largest absolute Gasteiger partial charge is 0.481 e. The summed E-state index contributed by atoms with van der Waals surface area (Å²) >= 11 is 1.46. The molecule has 3 nitrogen and oxygen atoms in total. The Bertz CT molecular complexity index is 877. The Morgan fingerprint density at radius 2 is 1.64 bits per heavy atom. The summed E-state index contributed by atoms with van der Waals surface area (Å²) in [5.74, 6) is -0.352. The second kappa shape index (κ2) is 7.19. The minimum atomic E-state index is -0.835. The monoisotopic (exact) mass is 351 g/mol.